The van der Waals surface area contributed by atoms with Crippen molar-refractivity contribution in [2.45, 2.75) is 12.3 Å². The summed E-state index contributed by atoms with van der Waals surface area (Å²) in [5, 5.41) is 3.40. The van der Waals surface area contributed by atoms with Crippen molar-refractivity contribution in [3.05, 3.63) is 84.5 Å². The van der Waals surface area contributed by atoms with E-state index in [2.05, 4.69) is 66.0 Å². The summed E-state index contributed by atoms with van der Waals surface area (Å²) >= 11 is 0. The third kappa shape index (κ3) is 2.94. The lowest BCUT2D eigenvalue weighted by Crippen LogP contribution is -1.96. The third-order valence-electron chi connectivity index (χ3n) is 3.38. The summed E-state index contributed by atoms with van der Waals surface area (Å²) in [7, 11) is 0. The SMILES string of the molecule is C1=CCC(c2ccc(Nc3ccccc3)cc2)C=C1. The van der Waals surface area contributed by atoms with Crippen molar-refractivity contribution in [1.29, 1.82) is 0 Å². The topological polar surface area (TPSA) is 12.0 Å². The van der Waals surface area contributed by atoms with Crippen LogP contribution in [-0.4, -0.2) is 0 Å². The molecule has 94 valence electrons. The lowest BCUT2D eigenvalue weighted by molar-refractivity contribution is 0.854. The smallest absolute Gasteiger partial charge is 0.0384 e. The molecule has 1 aliphatic rings. The van der Waals surface area contributed by atoms with E-state index < -0.39 is 0 Å². The maximum atomic E-state index is 3.40. The summed E-state index contributed by atoms with van der Waals surface area (Å²) in [5.41, 5.74) is 3.63. The molecule has 3 rings (SSSR count). The standard InChI is InChI=1S/C18H17N/c1-3-7-15(8-4-1)16-11-13-18(14-12-16)19-17-9-5-2-6-10-17/h1-7,9-15,19H,8H2. The van der Waals surface area contributed by atoms with Gasteiger partial charge in [-0.25, -0.2) is 0 Å². The Labute approximate surface area is 114 Å². The van der Waals surface area contributed by atoms with Gasteiger partial charge in [-0.15, -0.1) is 0 Å². The predicted molar refractivity (Wildman–Crippen MR) is 81.8 cm³/mol. The van der Waals surface area contributed by atoms with Gasteiger partial charge in [-0.2, -0.15) is 0 Å². The molecule has 1 nitrogen and oxygen atoms in total. The monoisotopic (exact) mass is 247 g/mol. The first-order valence-electron chi connectivity index (χ1n) is 6.67. The van der Waals surface area contributed by atoms with Gasteiger partial charge in [0.15, 0.2) is 0 Å². The van der Waals surface area contributed by atoms with Crippen LogP contribution in [0.25, 0.3) is 0 Å². The van der Waals surface area contributed by atoms with Gasteiger partial charge in [0.1, 0.15) is 0 Å². The minimum Gasteiger partial charge on any atom is -0.356 e. The molecule has 1 aliphatic carbocycles. The number of benzene rings is 2. The van der Waals surface area contributed by atoms with E-state index in [9.17, 15) is 0 Å². The van der Waals surface area contributed by atoms with Gasteiger partial charge in [-0.05, 0) is 36.2 Å². The van der Waals surface area contributed by atoms with Crippen molar-refractivity contribution in [3.63, 3.8) is 0 Å². The van der Waals surface area contributed by atoms with E-state index >= 15 is 0 Å². The van der Waals surface area contributed by atoms with E-state index in [1.165, 1.54) is 5.56 Å². The molecule has 0 saturated heterocycles. The highest BCUT2D eigenvalue weighted by atomic mass is 14.9. The molecule has 2 aromatic carbocycles. The van der Waals surface area contributed by atoms with E-state index in [1.807, 2.05) is 18.2 Å². The molecule has 0 saturated carbocycles. The highest BCUT2D eigenvalue weighted by Crippen LogP contribution is 2.26. The third-order valence-corrected chi connectivity index (χ3v) is 3.38. The number of para-hydroxylation sites is 1. The van der Waals surface area contributed by atoms with E-state index in [4.69, 9.17) is 0 Å². The number of hydrogen-bond acceptors (Lipinski definition) is 1. The van der Waals surface area contributed by atoms with Crippen LogP contribution in [-0.2, 0) is 0 Å². The zero-order chi connectivity index (χ0) is 12.9. The Morgan fingerprint density at radius 1 is 0.789 bits per heavy atom. The molecule has 19 heavy (non-hydrogen) atoms. The molecule has 1 unspecified atom stereocenters. The Kier molecular flexibility index (Phi) is 3.46. The van der Waals surface area contributed by atoms with Gasteiger partial charge in [-0.1, -0.05) is 54.6 Å². The summed E-state index contributed by atoms with van der Waals surface area (Å²) in [6, 6.07) is 19.0. The molecule has 0 aliphatic heterocycles. The van der Waals surface area contributed by atoms with Gasteiger partial charge < -0.3 is 5.32 Å². The average Bonchev–Trinajstić information content (AvgIpc) is 2.50. The van der Waals surface area contributed by atoms with Crippen LogP contribution in [0.1, 0.15) is 17.9 Å². The van der Waals surface area contributed by atoms with Crippen LogP contribution in [0.15, 0.2) is 78.9 Å². The van der Waals surface area contributed by atoms with Crippen molar-refractivity contribution in [1.82, 2.24) is 0 Å². The Morgan fingerprint density at radius 3 is 2.21 bits per heavy atom. The van der Waals surface area contributed by atoms with Gasteiger partial charge in [0, 0.05) is 17.3 Å². The second-order valence-electron chi connectivity index (χ2n) is 4.77. The second kappa shape index (κ2) is 5.57. The molecule has 0 heterocycles. The molecule has 2 aromatic rings. The largest absolute Gasteiger partial charge is 0.356 e. The highest BCUT2D eigenvalue weighted by molar-refractivity contribution is 5.59. The van der Waals surface area contributed by atoms with Crippen LogP contribution >= 0.6 is 0 Å². The number of hydrogen-bond donors (Lipinski definition) is 1. The number of anilines is 2. The van der Waals surface area contributed by atoms with Crippen LogP contribution < -0.4 is 5.32 Å². The Hall–Kier alpha value is -2.28. The van der Waals surface area contributed by atoms with Gasteiger partial charge in [0.25, 0.3) is 0 Å². The maximum absolute atomic E-state index is 3.40. The molecule has 1 atom stereocenters. The Bertz CT molecular complexity index is 579. The van der Waals surface area contributed by atoms with Gasteiger partial charge in [-0.3, -0.25) is 0 Å². The van der Waals surface area contributed by atoms with Gasteiger partial charge in [0.2, 0.25) is 0 Å². The molecule has 0 radical (unpaired) electrons. The van der Waals surface area contributed by atoms with E-state index in [0.29, 0.717) is 5.92 Å². The van der Waals surface area contributed by atoms with Crippen molar-refractivity contribution in [3.8, 4) is 0 Å². The lowest BCUT2D eigenvalue weighted by atomic mass is 9.92. The Balaban J connectivity index is 1.72. The first-order valence-corrected chi connectivity index (χ1v) is 6.67. The summed E-state index contributed by atoms with van der Waals surface area (Å²) in [5.74, 6) is 0.524. The summed E-state index contributed by atoms with van der Waals surface area (Å²) in [4.78, 5) is 0. The maximum Gasteiger partial charge on any atom is 0.0384 e. The molecule has 0 bridgehead atoms. The molecular weight excluding hydrogens is 230 g/mol. The van der Waals surface area contributed by atoms with Crippen LogP contribution in [0.4, 0.5) is 11.4 Å². The first kappa shape index (κ1) is 11.8. The highest BCUT2D eigenvalue weighted by Gasteiger charge is 2.07. The first-order chi connectivity index (χ1) is 9.42. The second-order valence-corrected chi connectivity index (χ2v) is 4.77. The zero-order valence-corrected chi connectivity index (χ0v) is 10.8. The quantitative estimate of drug-likeness (QED) is 0.802. The fourth-order valence-electron chi connectivity index (χ4n) is 2.33. The van der Waals surface area contributed by atoms with Gasteiger partial charge in [0.05, 0.1) is 0 Å². The molecule has 0 spiro atoms. The van der Waals surface area contributed by atoms with E-state index in [-0.39, 0.29) is 0 Å². The van der Waals surface area contributed by atoms with E-state index in [0.717, 1.165) is 17.8 Å². The molecule has 0 fully saturated rings. The fraction of sp³-hybridized carbons (Fsp3) is 0.111. The molecule has 1 heteroatoms. The fourth-order valence-corrected chi connectivity index (χ4v) is 2.33. The normalized spacial score (nSPS) is 17.4. The van der Waals surface area contributed by atoms with Crippen LogP contribution in [0, 0.1) is 0 Å². The number of allylic oxidation sites excluding steroid dienone is 4. The van der Waals surface area contributed by atoms with Crippen molar-refractivity contribution in [2.24, 2.45) is 0 Å². The molecule has 0 aromatic heterocycles. The van der Waals surface area contributed by atoms with Crippen molar-refractivity contribution in [2.75, 3.05) is 5.32 Å². The predicted octanol–water partition coefficient (Wildman–Crippen LogP) is 5.03. The minimum atomic E-state index is 0.524. The minimum absolute atomic E-state index is 0.524. The molecule has 0 amide bonds. The zero-order valence-electron chi connectivity index (χ0n) is 10.8. The van der Waals surface area contributed by atoms with Crippen molar-refractivity contribution >= 4 is 11.4 Å². The van der Waals surface area contributed by atoms with Gasteiger partial charge >= 0.3 is 0 Å². The van der Waals surface area contributed by atoms with Crippen LogP contribution in [0.3, 0.4) is 0 Å². The Morgan fingerprint density at radius 2 is 1.53 bits per heavy atom. The van der Waals surface area contributed by atoms with Crippen LogP contribution in [0.5, 0.6) is 0 Å². The van der Waals surface area contributed by atoms with E-state index in [1.54, 1.807) is 0 Å². The lowest BCUT2D eigenvalue weighted by Gasteiger charge is -2.14. The summed E-state index contributed by atoms with van der Waals surface area (Å²) < 4.78 is 0. The number of nitrogens with one attached hydrogen (secondary N) is 1. The average molecular weight is 247 g/mol. The molecular formula is C18H17N. The number of rotatable bonds is 3. The molecule has 1 N–H and O–H groups in total. The summed E-state index contributed by atoms with van der Waals surface area (Å²) in [6.07, 6.45) is 9.83. The summed E-state index contributed by atoms with van der Waals surface area (Å²) in [6.45, 7) is 0. The van der Waals surface area contributed by atoms with Crippen LogP contribution in [0.2, 0.25) is 0 Å². The van der Waals surface area contributed by atoms with Crippen molar-refractivity contribution < 1.29 is 0 Å².